The highest BCUT2D eigenvalue weighted by atomic mass is 32.2. The number of aromatic nitrogens is 2. The van der Waals surface area contributed by atoms with Gasteiger partial charge in [0, 0.05) is 23.5 Å². The molecule has 1 aromatic carbocycles. The molecule has 0 aliphatic rings. The van der Waals surface area contributed by atoms with E-state index < -0.39 is 45.7 Å². The van der Waals surface area contributed by atoms with Crippen LogP contribution in [0.1, 0.15) is 0 Å². The Labute approximate surface area is 162 Å². The molecule has 12 heteroatoms. The van der Waals surface area contributed by atoms with Crippen LogP contribution in [-0.2, 0) is 10.0 Å². The lowest BCUT2D eigenvalue weighted by atomic mass is 10.1. The summed E-state index contributed by atoms with van der Waals surface area (Å²) in [6.45, 7) is -3.33. The van der Waals surface area contributed by atoms with Crippen molar-refractivity contribution >= 4 is 15.7 Å². The number of halogens is 4. The Morgan fingerprint density at radius 1 is 1.10 bits per heavy atom. The second-order valence-corrected chi connectivity index (χ2v) is 7.23. The molecule has 0 aliphatic carbocycles. The van der Waals surface area contributed by atoms with Gasteiger partial charge in [0.05, 0.1) is 7.11 Å². The van der Waals surface area contributed by atoms with Crippen LogP contribution < -0.4 is 14.2 Å². The lowest BCUT2D eigenvalue weighted by Crippen LogP contribution is -2.14. The van der Waals surface area contributed by atoms with Crippen molar-refractivity contribution in [3.05, 3.63) is 54.2 Å². The third kappa shape index (κ3) is 4.42. The van der Waals surface area contributed by atoms with Crippen LogP contribution in [0, 0.1) is 11.6 Å². The molecule has 154 valence electrons. The summed E-state index contributed by atoms with van der Waals surface area (Å²) in [5, 5.41) is 0. The summed E-state index contributed by atoms with van der Waals surface area (Å²) < 4.78 is 88.3. The number of aromatic amines is 1. The highest BCUT2D eigenvalue weighted by molar-refractivity contribution is 7.92. The molecule has 0 unspecified atom stereocenters. The van der Waals surface area contributed by atoms with Crippen LogP contribution in [0.5, 0.6) is 11.8 Å². The van der Waals surface area contributed by atoms with Crippen LogP contribution in [0.25, 0.3) is 11.3 Å². The summed E-state index contributed by atoms with van der Waals surface area (Å²) in [7, 11) is -3.20. The third-order valence-corrected chi connectivity index (χ3v) is 5.02. The maximum Gasteiger partial charge on any atom is 0.388 e. The van der Waals surface area contributed by atoms with Gasteiger partial charge in [0.2, 0.25) is 5.88 Å². The van der Waals surface area contributed by atoms with Crippen molar-refractivity contribution in [2.75, 3.05) is 11.8 Å². The van der Waals surface area contributed by atoms with Crippen LogP contribution in [0.2, 0.25) is 0 Å². The fourth-order valence-corrected chi connectivity index (χ4v) is 3.46. The number of anilines is 1. The molecular formula is C17H13F4N3O4S. The van der Waals surface area contributed by atoms with Crippen LogP contribution in [0.4, 0.5) is 23.2 Å². The Kier molecular flexibility index (Phi) is 5.64. The highest BCUT2D eigenvalue weighted by Crippen LogP contribution is 2.31. The lowest BCUT2D eigenvalue weighted by molar-refractivity contribution is -0.0555. The van der Waals surface area contributed by atoms with Gasteiger partial charge in [-0.25, -0.2) is 17.2 Å². The number of H-pyrrole nitrogens is 1. The molecule has 0 radical (unpaired) electrons. The van der Waals surface area contributed by atoms with Crippen LogP contribution in [0.3, 0.4) is 0 Å². The van der Waals surface area contributed by atoms with E-state index in [-0.39, 0.29) is 16.2 Å². The molecule has 0 saturated carbocycles. The lowest BCUT2D eigenvalue weighted by Gasteiger charge is -2.12. The van der Waals surface area contributed by atoms with Gasteiger partial charge in [0.25, 0.3) is 15.9 Å². The second kappa shape index (κ2) is 7.99. The van der Waals surface area contributed by atoms with Gasteiger partial charge < -0.3 is 14.5 Å². The fourth-order valence-electron chi connectivity index (χ4n) is 2.42. The molecule has 0 atom stereocenters. The smallest absolute Gasteiger partial charge is 0.388 e. The minimum absolute atomic E-state index is 0.146. The van der Waals surface area contributed by atoms with Crippen molar-refractivity contribution in [3.8, 4) is 23.0 Å². The zero-order chi connectivity index (χ0) is 21.2. The van der Waals surface area contributed by atoms with Gasteiger partial charge in [-0.05, 0) is 18.2 Å². The molecule has 2 heterocycles. The SMILES string of the molecule is COc1nc(OC(F)F)c(F)cc1NS(=O)(=O)c1c[nH]c(-c2ccccc2F)c1. The van der Waals surface area contributed by atoms with E-state index in [9.17, 15) is 26.0 Å². The molecule has 0 saturated heterocycles. The number of alkyl halides is 2. The first kappa shape index (κ1) is 20.5. The molecule has 2 N–H and O–H groups in total. The Bertz CT molecular complexity index is 1140. The maximum atomic E-state index is 13.9. The number of ether oxygens (including phenoxy) is 2. The average molecular weight is 431 g/mol. The van der Waals surface area contributed by atoms with Crippen molar-refractivity contribution in [1.82, 2.24) is 9.97 Å². The van der Waals surface area contributed by atoms with Crippen molar-refractivity contribution in [2.45, 2.75) is 11.5 Å². The van der Waals surface area contributed by atoms with E-state index >= 15 is 0 Å². The van der Waals surface area contributed by atoms with Gasteiger partial charge in [0.15, 0.2) is 5.82 Å². The van der Waals surface area contributed by atoms with Crippen molar-refractivity contribution in [3.63, 3.8) is 0 Å². The molecule has 3 aromatic rings. The molecule has 0 spiro atoms. The first-order valence-corrected chi connectivity index (χ1v) is 9.35. The van der Waals surface area contributed by atoms with Crippen molar-refractivity contribution < 1.29 is 35.5 Å². The van der Waals surface area contributed by atoms with Crippen LogP contribution >= 0.6 is 0 Å². The van der Waals surface area contributed by atoms with Crippen LogP contribution in [0.15, 0.2) is 47.5 Å². The van der Waals surface area contributed by atoms with Gasteiger partial charge in [-0.2, -0.15) is 13.8 Å². The first-order valence-electron chi connectivity index (χ1n) is 7.86. The quantitative estimate of drug-likeness (QED) is 0.556. The standard InChI is InChI=1S/C17H13F4N3O4S/c1-27-16-14(7-12(19)15(23-16)28-17(20)21)24-29(25,26)9-6-13(22-8-9)10-4-2-3-5-11(10)18/h2-8,17,22,24H,1H3. The van der Waals surface area contributed by atoms with E-state index in [4.69, 9.17) is 4.74 Å². The molecule has 0 aliphatic heterocycles. The van der Waals surface area contributed by atoms with Gasteiger partial charge in [-0.1, -0.05) is 12.1 Å². The predicted octanol–water partition coefficient (Wildman–Crippen LogP) is 3.77. The van der Waals surface area contributed by atoms with E-state index in [0.29, 0.717) is 6.07 Å². The summed E-state index contributed by atoms with van der Waals surface area (Å²) in [6, 6.07) is 7.49. The normalized spacial score (nSPS) is 11.5. The van der Waals surface area contributed by atoms with E-state index in [1.165, 1.54) is 24.3 Å². The van der Waals surface area contributed by atoms with Crippen LogP contribution in [-0.4, -0.2) is 32.1 Å². The minimum Gasteiger partial charge on any atom is -0.479 e. The Balaban J connectivity index is 1.92. The molecule has 29 heavy (non-hydrogen) atoms. The third-order valence-electron chi connectivity index (χ3n) is 3.68. The number of sulfonamides is 1. The topological polar surface area (TPSA) is 93.3 Å². The highest BCUT2D eigenvalue weighted by Gasteiger charge is 2.23. The van der Waals surface area contributed by atoms with E-state index in [2.05, 4.69) is 14.7 Å². The van der Waals surface area contributed by atoms with Gasteiger partial charge in [-0.15, -0.1) is 0 Å². The van der Waals surface area contributed by atoms with E-state index in [0.717, 1.165) is 13.3 Å². The van der Waals surface area contributed by atoms with Crippen molar-refractivity contribution in [1.29, 1.82) is 0 Å². The molecule has 0 bridgehead atoms. The van der Waals surface area contributed by atoms with Gasteiger partial charge >= 0.3 is 6.61 Å². The van der Waals surface area contributed by atoms with Gasteiger partial charge in [-0.3, -0.25) is 4.72 Å². The molecular weight excluding hydrogens is 418 g/mol. The minimum atomic E-state index is -4.28. The number of rotatable bonds is 7. The molecule has 7 nitrogen and oxygen atoms in total. The van der Waals surface area contributed by atoms with E-state index in [1.807, 2.05) is 4.72 Å². The van der Waals surface area contributed by atoms with E-state index in [1.54, 1.807) is 6.07 Å². The zero-order valence-corrected chi connectivity index (χ0v) is 15.4. The number of hydrogen-bond acceptors (Lipinski definition) is 5. The number of pyridine rings is 1. The summed E-state index contributed by atoms with van der Waals surface area (Å²) in [6.07, 6.45) is 1.11. The molecule has 0 amide bonds. The number of benzene rings is 1. The number of nitrogens with one attached hydrogen (secondary N) is 2. The zero-order valence-electron chi connectivity index (χ0n) is 14.6. The summed E-state index contributed by atoms with van der Waals surface area (Å²) >= 11 is 0. The average Bonchev–Trinajstić information content (AvgIpc) is 3.14. The monoisotopic (exact) mass is 431 g/mol. The molecule has 2 aromatic heterocycles. The summed E-state index contributed by atoms with van der Waals surface area (Å²) in [4.78, 5) is 5.75. The maximum absolute atomic E-state index is 13.9. The largest absolute Gasteiger partial charge is 0.479 e. The van der Waals surface area contributed by atoms with Crippen molar-refractivity contribution in [2.24, 2.45) is 0 Å². The molecule has 0 fully saturated rings. The first-order chi connectivity index (χ1) is 13.7. The Hall–Kier alpha value is -3.28. The summed E-state index contributed by atoms with van der Waals surface area (Å²) in [5.41, 5.74) is -0.103. The Morgan fingerprint density at radius 3 is 2.48 bits per heavy atom. The van der Waals surface area contributed by atoms with Gasteiger partial charge in [0.1, 0.15) is 16.4 Å². The number of methoxy groups -OCH3 is 1. The number of nitrogens with zero attached hydrogens (tertiary/aromatic N) is 1. The fraction of sp³-hybridized carbons (Fsp3) is 0.118. The molecule has 3 rings (SSSR count). The summed E-state index contributed by atoms with van der Waals surface area (Å²) in [5.74, 6) is -3.43. The second-order valence-electron chi connectivity index (χ2n) is 5.55. The Morgan fingerprint density at radius 2 is 1.83 bits per heavy atom. The number of hydrogen-bond donors (Lipinski definition) is 2. The predicted molar refractivity (Wildman–Crippen MR) is 94.4 cm³/mol.